The predicted molar refractivity (Wildman–Crippen MR) is 60.8 cm³/mol. The van der Waals surface area contributed by atoms with Crippen LogP contribution in [0.3, 0.4) is 0 Å². The lowest BCUT2D eigenvalue weighted by molar-refractivity contribution is -0.108. The molecule has 0 bridgehead atoms. The minimum atomic E-state index is -0.412. The van der Waals surface area contributed by atoms with E-state index in [1.807, 2.05) is 6.20 Å². The number of nitrogens with two attached hydrogens (primary N) is 1. The molecule has 0 amide bonds. The molecule has 0 saturated heterocycles. The van der Waals surface area contributed by atoms with Gasteiger partial charge in [-0.15, -0.1) is 0 Å². The Morgan fingerprint density at radius 1 is 1.53 bits per heavy atom. The number of hydrogen-bond acceptors (Lipinski definition) is 2. The Hall–Kier alpha value is -1.61. The molecule has 0 aliphatic heterocycles. The fraction of sp³-hybridized carbons (Fsp3) is 0.250. The number of hydrogen-bond donors (Lipinski definition) is 2. The standard InChI is InChI=1S/C12H14N2O/c1-8-2-3-11-9(5-10(13)7-15)6-14-12(11)4-8/h2-4,6-7,10,14H,5,13H2,1H3/t10-/m0/s1. The lowest BCUT2D eigenvalue weighted by Crippen LogP contribution is -2.23. The summed E-state index contributed by atoms with van der Waals surface area (Å²) in [5, 5.41) is 1.15. The van der Waals surface area contributed by atoms with Crippen LogP contribution in [0.25, 0.3) is 10.9 Å². The van der Waals surface area contributed by atoms with Crippen LogP contribution in [0.2, 0.25) is 0 Å². The van der Waals surface area contributed by atoms with Crippen LogP contribution in [-0.4, -0.2) is 17.3 Å². The number of aromatic amines is 1. The van der Waals surface area contributed by atoms with Gasteiger partial charge in [0.1, 0.15) is 6.29 Å². The van der Waals surface area contributed by atoms with Gasteiger partial charge in [0.2, 0.25) is 0 Å². The van der Waals surface area contributed by atoms with Crippen molar-refractivity contribution in [3.63, 3.8) is 0 Å². The maximum absolute atomic E-state index is 10.5. The van der Waals surface area contributed by atoms with Crippen LogP contribution in [0.1, 0.15) is 11.1 Å². The van der Waals surface area contributed by atoms with Crippen LogP contribution in [0, 0.1) is 6.92 Å². The van der Waals surface area contributed by atoms with Crippen molar-refractivity contribution < 1.29 is 4.79 Å². The zero-order chi connectivity index (χ0) is 10.8. The van der Waals surface area contributed by atoms with E-state index in [-0.39, 0.29) is 0 Å². The summed E-state index contributed by atoms with van der Waals surface area (Å²) in [6.45, 7) is 2.05. The Morgan fingerprint density at radius 2 is 2.33 bits per heavy atom. The first-order valence-corrected chi connectivity index (χ1v) is 4.98. The highest BCUT2D eigenvalue weighted by molar-refractivity contribution is 5.84. The molecule has 78 valence electrons. The van der Waals surface area contributed by atoms with Crippen molar-refractivity contribution in [1.82, 2.24) is 4.98 Å². The highest BCUT2D eigenvalue weighted by Crippen LogP contribution is 2.20. The van der Waals surface area contributed by atoms with Crippen molar-refractivity contribution in [1.29, 1.82) is 0 Å². The maximum Gasteiger partial charge on any atom is 0.137 e. The normalized spacial score (nSPS) is 12.9. The molecule has 1 atom stereocenters. The third kappa shape index (κ3) is 1.92. The number of aryl methyl sites for hydroxylation is 1. The molecule has 15 heavy (non-hydrogen) atoms. The Morgan fingerprint density at radius 3 is 3.07 bits per heavy atom. The summed E-state index contributed by atoms with van der Waals surface area (Å²) in [5.74, 6) is 0. The van der Waals surface area contributed by atoms with Crippen LogP contribution in [-0.2, 0) is 11.2 Å². The van der Waals surface area contributed by atoms with Gasteiger partial charge < -0.3 is 15.5 Å². The molecule has 0 aliphatic carbocycles. The summed E-state index contributed by atoms with van der Waals surface area (Å²) in [6.07, 6.45) is 3.30. The van der Waals surface area contributed by atoms with Gasteiger partial charge in [-0.3, -0.25) is 0 Å². The van der Waals surface area contributed by atoms with Gasteiger partial charge in [-0.1, -0.05) is 12.1 Å². The Bertz CT molecular complexity index is 487. The second kappa shape index (κ2) is 3.87. The second-order valence-electron chi connectivity index (χ2n) is 3.87. The lowest BCUT2D eigenvalue weighted by Gasteiger charge is -2.02. The molecule has 1 heterocycles. The van der Waals surface area contributed by atoms with Crippen LogP contribution >= 0.6 is 0 Å². The summed E-state index contributed by atoms with van der Waals surface area (Å²) in [7, 11) is 0. The highest BCUT2D eigenvalue weighted by Gasteiger charge is 2.07. The Kier molecular flexibility index (Phi) is 2.56. The molecule has 0 aliphatic rings. The number of aldehydes is 1. The van der Waals surface area contributed by atoms with Gasteiger partial charge in [0.15, 0.2) is 0 Å². The third-order valence-corrected chi connectivity index (χ3v) is 2.55. The first-order chi connectivity index (χ1) is 7.20. The number of rotatable bonds is 3. The molecule has 0 fully saturated rings. The molecule has 1 aromatic heterocycles. The summed E-state index contributed by atoms with van der Waals surface area (Å²) >= 11 is 0. The SMILES string of the molecule is Cc1ccc2c(C[C@H](N)C=O)c[nH]c2c1. The Labute approximate surface area is 88.3 Å². The lowest BCUT2D eigenvalue weighted by atomic mass is 10.1. The molecular weight excluding hydrogens is 188 g/mol. The van der Waals surface area contributed by atoms with Crippen molar-refractivity contribution in [2.24, 2.45) is 5.73 Å². The van der Waals surface area contributed by atoms with E-state index in [0.717, 1.165) is 22.8 Å². The first-order valence-electron chi connectivity index (χ1n) is 4.98. The van der Waals surface area contributed by atoms with E-state index < -0.39 is 6.04 Å². The highest BCUT2D eigenvalue weighted by atomic mass is 16.1. The van der Waals surface area contributed by atoms with Gasteiger partial charge in [0.05, 0.1) is 6.04 Å². The number of carbonyl (C=O) groups excluding carboxylic acids is 1. The topological polar surface area (TPSA) is 58.9 Å². The number of H-pyrrole nitrogens is 1. The van der Waals surface area contributed by atoms with Gasteiger partial charge in [-0.05, 0) is 30.5 Å². The average molecular weight is 202 g/mol. The van der Waals surface area contributed by atoms with E-state index in [0.29, 0.717) is 6.42 Å². The number of fused-ring (bicyclic) bond motifs is 1. The zero-order valence-corrected chi connectivity index (χ0v) is 8.66. The molecule has 2 rings (SSSR count). The number of benzene rings is 1. The minimum absolute atomic E-state index is 0.412. The number of aromatic nitrogens is 1. The summed E-state index contributed by atoms with van der Waals surface area (Å²) in [6, 6.07) is 5.80. The molecule has 0 radical (unpaired) electrons. The van der Waals surface area contributed by atoms with E-state index in [9.17, 15) is 4.79 Å². The number of carbonyl (C=O) groups is 1. The molecule has 1 aromatic carbocycles. The van der Waals surface area contributed by atoms with Crippen molar-refractivity contribution in [3.8, 4) is 0 Å². The molecule has 2 aromatic rings. The van der Waals surface area contributed by atoms with Crippen LogP contribution in [0.15, 0.2) is 24.4 Å². The van der Waals surface area contributed by atoms with Crippen molar-refractivity contribution in [3.05, 3.63) is 35.5 Å². The summed E-state index contributed by atoms with van der Waals surface area (Å²) in [5.41, 5.74) is 9.02. The Balaban J connectivity index is 2.40. The summed E-state index contributed by atoms with van der Waals surface area (Å²) < 4.78 is 0. The van der Waals surface area contributed by atoms with Crippen LogP contribution < -0.4 is 5.73 Å². The first kappa shape index (κ1) is 9.93. The van der Waals surface area contributed by atoms with Gasteiger partial charge in [-0.25, -0.2) is 0 Å². The molecule has 3 nitrogen and oxygen atoms in total. The largest absolute Gasteiger partial charge is 0.361 e. The van der Waals surface area contributed by atoms with E-state index in [2.05, 4.69) is 30.1 Å². The number of nitrogens with one attached hydrogen (secondary N) is 1. The third-order valence-electron chi connectivity index (χ3n) is 2.55. The zero-order valence-electron chi connectivity index (χ0n) is 8.66. The monoisotopic (exact) mass is 202 g/mol. The average Bonchev–Trinajstić information content (AvgIpc) is 2.60. The van der Waals surface area contributed by atoms with E-state index >= 15 is 0 Å². The molecular formula is C12H14N2O. The van der Waals surface area contributed by atoms with Gasteiger partial charge in [0.25, 0.3) is 0 Å². The fourth-order valence-electron chi connectivity index (χ4n) is 1.77. The molecule has 0 saturated carbocycles. The fourth-order valence-corrected chi connectivity index (χ4v) is 1.77. The van der Waals surface area contributed by atoms with E-state index in [1.54, 1.807) is 0 Å². The van der Waals surface area contributed by atoms with E-state index in [1.165, 1.54) is 5.56 Å². The molecule has 0 unspecified atom stereocenters. The van der Waals surface area contributed by atoms with E-state index in [4.69, 9.17) is 5.73 Å². The molecule has 3 heteroatoms. The predicted octanol–water partition coefficient (Wildman–Crippen LogP) is 1.55. The van der Waals surface area contributed by atoms with Crippen molar-refractivity contribution in [2.75, 3.05) is 0 Å². The second-order valence-corrected chi connectivity index (χ2v) is 3.87. The van der Waals surface area contributed by atoms with Crippen molar-refractivity contribution >= 4 is 17.2 Å². The van der Waals surface area contributed by atoms with Crippen LogP contribution in [0.4, 0.5) is 0 Å². The van der Waals surface area contributed by atoms with Crippen molar-refractivity contribution in [2.45, 2.75) is 19.4 Å². The smallest absolute Gasteiger partial charge is 0.137 e. The molecule has 3 N–H and O–H groups in total. The van der Waals surface area contributed by atoms with Gasteiger partial charge >= 0.3 is 0 Å². The molecule has 0 spiro atoms. The van der Waals surface area contributed by atoms with Crippen LogP contribution in [0.5, 0.6) is 0 Å². The quantitative estimate of drug-likeness (QED) is 0.742. The van der Waals surface area contributed by atoms with Gasteiger partial charge in [-0.2, -0.15) is 0 Å². The summed E-state index contributed by atoms with van der Waals surface area (Å²) in [4.78, 5) is 13.7. The van der Waals surface area contributed by atoms with Gasteiger partial charge in [0, 0.05) is 17.1 Å². The maximum atomic E-state index is 10.5. The minimum Gasteiger partial charge on any atom is -0.361 e.